The molecular weight excluding hydrogens is 516 g/mol. The summed E-state index contributed by atoms with van der Waals surface area (Å²) in [5.74, 6) is 0. The fraction of sp³-hybridized carbons (Fsp3) is 0. The first kappa shape index (κ1) is 42.7. The Morgan fingerprint density at radius 1 is 0.600 bits per heavy atom. The molecule has 0 nitrogen and oxygen atoms in total. The molecule has 0 rings (SSSR count). The van der Waals surface area contributed by atoms with Gasteiger partial charge in [0.1, 0.15) is 0 Å². The summed E-state index contributed by atoms with van der Waals surface area (Å²) in [7, 11) is 0. The van der Waals surface area contributed by atoms with Gasteiger partial charge in [-0.05, 0) is 0 Å². The Balaban J connectivity index is 0. The van der Waals surface area contributed by atoms with Gasteiger partial charge in [-0.15, -0.1) is 0 Å². The second-order valence-electron chi connectivity index (χ2n) is 0. The molecular formula is BiGaSe3. The van der Waals surface area contributed by atoms with E-state index in [4.69, 9.17) is 0 Å². The Morgan fingerprint density at radius 3 is 0.600 bits per heavy atom. The molecule has 0 saturated heterocycles. The average Bonchev–Trinajstić information content (AvgIpc) is 0. The van der Waals surface area contributed by atoms with Crippen molar-refractivity contribution in [2.24, 2.45) is 0 Å². The van der Waals surface area contributed by atoms with Crippen LogP contribution in [0.25, 0.3) is 0 Å². The van der Waals surface area contributed by atoms with E-state index in [9.17, 15) is 0 Å². The third kappa shape index (κ3) is 19.3. The third-order valence-electron chi connectivity index (χ3n) is 0. The topological polar surface area (TPSA) is 0 Å². The van der Waals surface area contributed by atoms with Crippen molar-refractivity contribution >= 4 is 97.2 Å². The monoisotopic (exact) mass is 518 g/mol. The van der Waals surface area contributed by atoms with Crippen LogP contribution in [0.3, 0.4) is 0 Å². The minimum atomic E-state index is 0. The van der Waals surface area contributed by atoms with Gasteiger partial charge in [0.05, 0.1) is 0 Å². The zero-order chi connectivity index (χ0) is 0. The predicted molar refractivity (Wildman–Crippen MR) is 28.8 cm³/mol. The van der Waals surface area contributed by atoms with E-state index in [1.165, 1.54) is 0 Å². The van der Waals surface area contributed by atoms with Gasteiger partial charge in [-0.25, -0.2) is 0 Å². The van der Waals surface area contributed by atoms with Gasteiger partial charge in [0.15, 0.2) is 0 Å². The molecule has 0 amide bonds. The summed E-state index contributed by atoms with van der Waals surface area (Å²) in [4.78, 5) is 0. The molecule has 0 saturated carbocycles. The largest absolute Gasteiger partial charge is 3.00 e. The Bertz CT molecular complexity index is 6.85. The van der Waals surface area contributed by atoms with Crippen LogP contribution >= 0.6 is 0 Å². The van der Waals surface area contributed by atoms with Crippen molar-refractivity contribution in [2.45, 2.75) is 0 Å². The van der Waals surface area contributed by atoms with E-state index in [1.807, 2.05) is 0 Å². The molecule has 0 N–H and O–H groups in total. The zero-order valence-electron chi connectivity index (χ0n) is 2.25. The van der Waals surface area contributed by atoms with Gasteiger partial charge >= 0.3 is 46.0 Å². The standard InChI is InChI=1S/Bi.Ga.3Se/q2*+3;3*-2. The molecule has 5 heavy (non-hydrogen) atoms. The maximum atomic E-state index is 0. The molecule has 2 radical (unpaired) electrons. The molecule has 0 atom stereocenters. The molecule has 0 aromatic heterocycles. The minimum Gasteiger partial charge on any atom is -2.00 e. The van der Waals surface area contributed by atoms with Crippen molar-refractivity contribution in [3.63, 3.8) is 0 Å². The summed E-state index contributed by atoms with van der Waals surface area (Å²) in [6.07, 6.45) is 0. The van der Waals surface area contributed by atoms with Crippen LogP contribution in [-0.2, 0) is 0 Å². The summed E-state index contributed by atoms with van der Waals surface area (Å²) in [5.41, 5.74) is 0. The zero-order valence-corrected chi connectivity index (χ0v) is 13.3. The molecule has 26 valence electrons. The quantitative estimate of drug-likeness (QED) is 0.331. The van der Waals surface area contributed by atoms with Crippen molar-refractivity contribution in [2.75, 3.05) is 0 Å². The van der Waals surface area contributed by atoms with Gasteiger partial charge in [-0.3, -0.25) is 0 Å². The van der Waals surface area contributed by atoms with Crippen LogP contribution in [0, 0.1) is 0 Å². The first-order valence-corrected chi connectivity index (χ1v) is 0. The summed E-state index contributed by atoms with van der Waals surface area (Å²) in [6.45, 7) is 0. The minimum absolute atomic E-state index is 0. The first-order valence-electron chi connectivity index (χ1n) is 0. The molecule has 0 aliphatic heterocycles. The van der Waals surface area contributed by atoms with E-state index < -0.39 is 0 Å². The van der Waals surface area contributed by atoms with Crippen LogP contribution < -0.4 is 0 Å². The fourth-order valence-corrected chi connectivity index (χ4v) is 0. The van der Waals surface area contributed by atoms with Crippen molar-refractivity contribution < 1.29 is 0 Å². The van der Waals surface area contributed by atoms with Gasteiger partial charge in [0, 0.05) is 0 Å². The molecule has 0 heterocycles. The van der Waals surface area contributed by atoms with E-state index in [-0.39, 0.29) is 97.2 Å². The SMILES string of the molecule is [Bi+3].[Ga+3].[Se-2].[Se-2].[Se-2]. The molecule has 0 aliphatic rings. The van der Waals surface area contributed by atoms with Crippen molar-refractivity contribution in [3.8, 4) is 0 Å². The molecule has 0 aromatic carbocycles. The molecule has 0 aromatic rings. The van der Waals surface area contributed by atoms with Crippen LogP contribution in [0.2, 0.25) is 0 Å². The smallest absolute Gasteiger partial charge is 2.00 e. The second-order valence-corrected chi connectivity index (χ2v) is 0. The Hall–Kier alpha value is 3.08. The van der Waals surface area contributed by atoms with Crippen molar-refractivity contribution in [3.05, 3.63) is 0 Å². The number of hydrogen-bond acceptors (Lipinski definition) is 0. The van der Waals surface area contributed by atoms with Gasteiger partial charge in [0.25, 0.3) is 0 Å². The fourth-order valence-electron chi connectivity index (χ4n) is 0. The molecule has 0 unspecified atom stereocenters. The van der Waals surface area contributed by atoms with E-state index in [2.05, 4.69) is 0 Å². The maximum absolute atomic E-state index is 0. The normalized spacial score (nSPS) is 0. The first-order chi connectivity index (χ1) is 0. The molecule has 0 bridgehead atoms. The summed E-state index contributed by atoms with van der Waals surface area (Å²) >= 11 is 0. The van der Waals surface area contributed by atoms with Crippen LogP contribution in [0.1, 0.15) is 0 Å². The summed E-state index contributed by atoms with van der Waals surface area (Å²) in [6, 6.07) is 0. The van der Waals surface area contributed by atoms with Crippen LogP contribution in [0.15, 0.2) is 0 Å². The van der Waals surface area contributed by atoms with Gasteiger partial charge in [-0.2, -0.15) is 0 Å². The van der Waals surface area contributed by atoms with Crippen LogP contribution in [0.5, 0.6) is 0 Å². The van der Waals surface area contributed by atoms with Crippen molar-refractivity contribution in [1.82, 2.24) is 0 Å². The van der Waals surface area contributed by atoms with Crippen LogP contribution in [-0.4, -0.2) is 97.2 Å². The average molecular weight is 516 g/mol. The second kappa shape index (κ2) is 27.6. The Morgan fingerprint density at radius 2 is 0.600 bits per heavy atom. The molecule has 0 aliphatic carbocycles. The van der Waals surface area contributed by atoms with Gasteiger partial charge in [0.2, 0.25) is 0 Å². The summed E-state index contributed by atoms with van der Waals surface area (Å²) < 4.78 is 0. The molecule has 5 heteroatoms. The summed E-state index contributed by atoms with van der Waals surface area (Å²) in [5, 5.41) is 0. The van der Waals surface area contributed by atoms with E-state index in [0.29, 0.717) is 0 Å². The van der Waals surface area contributed by atoms with Gasteiger partial charge < -0.3 is 51.2 Å². The predicted octanol–water partition coefficient (Wildman–Crippen LogP) is -1.90. The Labute approximate surface area is 95.6 Å². The number of hydrogen-bond donors (Lipinski definition) is 0. The number of rotatable bonds is 0. The van der Waals surface area contributed by atoms with Crippen LogP contribution in [0.4, 0.5) is 0 Å². The molecule has 0 fully saturated rings. The van der Waals surface area contributed by atoms with Gasteiger partial charge in [-0.1, -0.05) is 0 Å². The third-order valence-corrected chi connectivity index (χ3v) is 0. The Kier molecular flexibility index (Phi) is 236. The molecule has 0 spiro atoms. The maximum Gasteiger partial charge on any atom is 3.00 e. The van der Waals surface area contributed by atoms with E-state index in [0.717, 1.165) is 0 Å². The van der Waals surface area contributed by atoms with E-state index >= 15 is 0 Å². The van der Waals surface area contributed by atoms with E-state index in [1.54, 1.807) is 0 Å². The van der Waals surface area contributed by atoms with Crippen molar-refractivity contribution in [1.29, 1.82) is 0 Å².